The fraction of sp³-hybridized carbons (Fsp3) is 0.917. The maximum atomic E-state index is 11.7. The van der Waals surface area contributed by atoms with Crippen LogP contribution in [0.15, 0.2) is 0 Å². The Labute approximate surface area is 103 Å². The first-order valence-electron chi connectivity index (χ1n) is 6.49. The van der Waals surface area contributed by atoms with Gasteiger partial charge in [-0.15, -0.1) is 0 Å². The predicted octanol–water partition coefficient (Wildman–Crippen LogP) is -0.297. The number of nitrogens with one attached hydrogen (secondary N) is 1. The van der Waals surface area contributed by atoms with E-state index in [0.29, 0.717) is 6.04 Å². The third-order valence-corrected chi connectivity index (χ3v) is 3.62. The number of nitrogens with zero attached hydrogens (tertiary/aromatic N) is 1. The molecule has 0 spiro atoms. The summed E-state index contributed by atoms with van der Waals surface area (Å²) >= 11 is 0. The summed E-state index contributed by atoms with van der Waals surface area (Å²) in [5.41, 5.74) is 5.68. The molecule has 1 saturated carbocycles. The Morgan fingerprint density at radius 1 is 1.41 bits per heavy atom. The summed E-state index contributed by atoms with van der Waals surface area (Å²) in [6, 6.07) is 0.587. The number of hydrogen-bond acceptors (Lipinski definition) is 4. The fourth-order valence-corrected chi connectivity index (χ4v) is 2.41. The van der Waals surface area contributed by atoms with Gasteiger partial charge in [-0.05, 0) is 25.7 Å². The highest BCUT2D eigenvalue weighted by Crippen LogP contribution is 2.29. The van der Waals surface area contributed by atoms with Gasteiger partial charge in [0.2, 0.25) is 5.91 Å². The van der Waals surface area contributed by atoms with Crippen molar-refractivity contribution >= 4 is 5.91 Å². The number of ether oxygens (including phenoxy) is 1. The van der Waals surface area contributed by atoms with Crippen LogP contribution in [0, 0.1) is 0 Å². The number of carbonyl (C=O) groups excluding carboxylic acids is 1. The fourth-order valence-electron chi connectivity index (χ4n) is 2.41. The molecule has 2 rings (SSSR count). The number of hydrogen-bond donors (Lipinski definition) is 2. The van der Waals surface area contributed by atoms with Crippen molar-refractivity contribution in [3.05, 3.63) is 0 Å². The van der Waals surface area contributed by atoms with Gasteiger partial charge in [-0.2, -0.15) is 0 Å². The summed E-state index contributed by atoms with van der Waals surface area (Å²) in [5, 5.41) is 3.01. The molecule has 1 aliphatic heterocycles. The number of amides is 1. The van der Waals surface area contributed by atoms with Gasteiger partial charge in [-0.3, -0.25) is 4.79 Å². The van der Waals surface area contributed by atoms with Crippen molar-refractivity contribution in [1.82, 2.24) is 10.2 Å². The van der Waals surface area contributed by atoms with E-state index in [0.717, 1.165) is 32.0 Å². The van der Waals surface area contributed by atoms with Gasteiger partial charge in [-0.25, -0.2) is 0 Å². The summed E-state index contributed by atoms with van der Waals surface area (Å²) in [5.74, 6) is -0.0864. The van der Waals surface area contributed by atoms with Crippen LogP contribution < -0.4 is 11.1 Å². The van der Waals surface area contributed by atoms with Crippen LogP contribution in [-0.4, -0.2) is 55.7 Å². The van der Waals surface area contributed by atoms with Crippen molar-refractivity contribution in [1.29, 1.82) is 0 Å². The highest BCUT2D eigenvalue weighted by Gasteiger charge is 2.32. The zero-order valence-electron chi connectivity index (χ0n) is 10.5. The van der Waals surface area contributed by atoms with Gasteiger partial charge in [-0.1, -0.05) is 0 Å². The van der Waals surface area contributed by atoms with E-state index in [9.17, 15) is 4.79 Å². The maximum absolute atomic E-state index is 11.7. The second kappa shape index (κ2) is 5.80. The van der Waals surface area contributed by atoms with E-state index in [1.807, 2.05) is 0 Å². The first-order chi connectivity index (χ1) is 8.20. The minimum Gasteiger partial charge on any atom is -0.383 e. The average Bonchev–Trinajstić information content (AvgIpc) is 3.14. The lowest BCUT2D eigenvalue weighted by Crippen LogP contribution is -2.51. The molecular formula is C12H23N3O2. The molecule has 0 aromatic heterocycles. The Kier molecular flexibility index (Phi) is 4.36. The Morgan fingerprint density at radius 3 is 2.59 bits per heavy atom. The molecule has 1 heterocycles. The number of piperidine rings is 1. The number of likely N-dealkylation sites (tertiary alicyclic amines) is 1. The molecule has 1 amide bonds. The van der Waals surface area contributed by atoms with E-state index in [1.165, 1.54) is 12.8 Å². The van der Waals surface area contributed by atoms with Crippen LogP contribution in [0.2, 0.25) is 0 Å². The molecule has 5 nitrogen and oxygen atoms in total. The van der Waals surface area contributed by atoms with Crippen LogP contribution in [0.25, 0.3) is 0 Å². The van der Waals surface area contributed by atoms with E-state index in [1.54, 1.807) is 7.11 Å². The lowest BCUT2D eigenvalue weighted by atomic mass is 10.0. The Bertz CT molecular complexity index is 260. The molecule has 1 aliphatic carbocycles. The molecule has 0 aromatic rings. The second-order valence-electron chi connectivity index (χ2n) is 5.11. The number of carbonyl (C=O) groups is 1. The van der Waals surface area contributed by atoms with Crippen molar-refractivity contribution < 1.29 is 9.53 Å². The first-order valence-corrected chi connectivity index (χ1v) is 6.49. The largest absolute Gasteiger partial charge is 0.383 e. The highest BCUT2D eigenvalue weighted by atomic mass is 16.5. The van der Waals surface area contributed by atoms with Gasteiger partial charge < -0.3 is 20.7 Å². The Hall–Kier alpha value is -0.650. The lowest BCUT2D eigenvalue weighted by molar-refractivity contribution is -0.124. The maximum Gasteiger partial charge on any atom is 0.239 e. The van der Waals surface area contributed by atoms with Gasteiger partial charge in [0, 0.05) is 32.3 Å². The molecule has 98 valence electrons. The van der Waals surface area contributed by atoms with Crippen LogP contribution >= 0.6 is 0 Å². The second-order valence-corrected chi connectivity index (χ2v) is 5.11. The monoisotopic (exact) mass is 241 g/mol. The lowest BCUT2D eigenvalue weighted by Gasteiger charge is -2.32. The molecule has 1 saturated heterocycles. The van der Waals surface area contributed by atoms with E-state index in [4.69, 9.17) is 10.5 Å². The number of rotatable bonds is 5. The van der Waals surface area contributed by atoms with Crippen molar-refractivity contribution in [2.45, 2.75) is 43.8 Å². The standard InChI is InChI=1S/C12H23N3O2/c1-17-8-11(13)12(16)14-9-4-6-15(7-5-9)10-2-3-10/h9-11H,2-8,13H2,1H3,(H,14,16). The Morgan fingerprint density at radius 2 is 2.06 bits per heavy atom. The van der Waals surface area contributed by atoms with Crippen LogP contribution in [0.5, 0.6) is 0 Å². The molecule has 1 atom stereocenters. The van der Waals surface area contributed by atoms with E-state index >= 15 is 0 Å². The molecule has 2 fully saturated rings. The number of methoxy groups -OCH3 is 1. The van der Waals surface area contributed by atoms with Crippen molar-refractivity contribution in [3.8, 4) is 0 Å². The van der Waals surface area contributed by atoms with Gasteiger partial charge in [0.25, 0.3) is 0 Å². The summed E-state index contributed by atoms with van der Waals surface area (Å²) in [7, 11) is 1.56. The average molecular weight is 241 g/mol. The molecule has 1 unspecified atom stereocenters. The zero-order chi connectivity index (χ0) is 12.3. The van der Waals surface area contributed by atoms with E-state index in [-0.39, 0.29) is 12.5 Å². The summed E-state index contributed by atoms with van der Waals surface area (Å²) < 4.78 is 4.88. The SMILES string of the molecule is COCC(N)C(=O)NC1CCN(C2CC2)CC1. The topological polar surface area (TPSA) is 67.6 Å². The first kappa shape index (κ1) is 12.8. The molecular weight excluding hydrogens is 218 g/mol. The third kappa shape index (κ3) is 3.66. The third-order valence-electron chi connectivity index (χ3n) is 3.62. The summed E-state index contributed by atoms with van der Waals surface area (Å²) in [6.45, 7) is 2.50. The van der Waals surface area contributed by atoms with Crippen molar-refractivity contribution in [3.63, 3.8) is 0 Å². The molecule has 0 aromatic carbocycles. The molecule has 0 bridgehead atoms. The molecule has 3 N–H and O–H groups in total. The quantitative estimate of drug-likeness (QED) is 0.693. The highest BCUT2D eigenvalue weighted by molar-refractivity contribution is 5.81. The minimum atomic E-state index is -0.540. The van der Waals surface area contributed by atoms with Gasteiger partial charge in [0.1, 0.15) is 6.04 Å². The Balaban J connectivity index is 1.68. The smallest absolute Gasteiger partial charge is 0.239 e. The van der Waals surface area contributed by atoms with Crippen LogP contribution in [0.3, 0.4) is 0 Å². The molecule has 2 aliphatic rings. The van der Waals surface area contributed by atoms with Crippen LogP contribution in [0.1, 0.15) is 25.7 Å². The molecule has 0 radical (unpaired) electrons. The van der Waals surface area contributed by atoms with Crippen LogP contribution in [0.4, 0.5) is 0 Å². The summed E-state index contributed by atoms with van der Waals surface area (Å²) in [4.78, 5) is 14.2. The molecule has 5 heteroatoms. The van der Waals surface area contributed by atoms with Crippen molar-refractivity contribution in [2.24, 2.45) is 5.73 Å². The van der Waals surface area contributed by atoms with Crippen molar-refractivity contribution in [2.75, 3.05) is 26.8 Å². The van der Waals surface area contributed by atoms with E-state index in [2.05, 4.69) is 10.2 Å². The van der Waals surface area contributed by atoms with Gasteiger partial charge >= 0.3 is 0 Å². The zero-order valence-corrected chi connectivity index (χ0v) is 10.5. The normalized spacial score (nSPS) is 24.6. The van der Waals surface area contributed by atoms with Crippen LogP contribution in [-0.2, 0) is 9.53 Å². The predicted molar refractivity (Wildman–Crippen MR) is 65.6 cm³/mol. The number of nitrogens with two attached hydrogens (primary N) is 1. The van der Waals surface area contributed by atoms with Gasteiger partial charge in [0.05, 0.1) is 6.61 Å². The summed E-state index contributed by atoms with van der Waals surface area (Å²) in [6.07, 6.45) is 4.80. The minimum absolute atomic E-state index is 0.0864. The van der Waals surface area contributed by atoms with E-state index < -0.39 is 6.04 Å². The molecule has 17 heavy (non-hydrogen) atoms. The van der Waals surface area contributed by atoms with Gasteiger partial charge in [0.15, 0.2) is 0 Å².